The first-order valence-corrected chi connectivity index (χ1v) is 6.24. The van der Waals surface area contributed by atoms with Crippen molar-refractivity contribution in [2.75, 3.05) is 18.6 Å². The van der Waals surface area contributed by atoms with E-state index < -0.39 is 5.82 Å². The maximum absolute atomic E-state index is 13.3. The molecule has 0 amide bonds. The topological polar surface area (TPSA) is 26.3 Å². The maximum atomic E-state index is 13.3. The van der Waals surface area contributed by atoms with E-state index in [4.69, 9.17) is 4.74 Å². The molecule has 1 rings (SSSR count). The second-order valence-corrected chi connectivity index (χ2v) is 4.60. The van der Waals surface area contributed by atoms with E-state index >= 15 is 0 Å². The summed E-state index contributed by atoms with van der Waals surface area (Å²) in [5.41, 5.74) is 0.694. The van der Waals surface area contributed by atoms with Crippen LogP contribution in [0.5, 0.6) is 5.75 Å². The Labute approximate surface area is 99.2 Å². The lowest BCUT2D eigenvalue weighted by molar-refractivity contribution is -0.116. The number of hydrogen-bond donors (Lipinski definition) is 0. The first-order valence-electron chi connectivity index (χ1n) is 5.09. The van der Waals surface area contributed by atoms with E-state index in [2.05, 4.69) is 0 Å². The van der Waals surface area contributed by atoms with Gasteiger partial charge in [0, 0.05) is 6.42 Å². The van der Waals surface area contributed by atoms with Gasteiger partial charge in [0.2, 0.25) is 0 Å². The van der Waals surface area contributed by atoms with Crippen molar-refractivity contribution in [3.05, 3.63) is 29.6 Å². The third kappa shape index (κ3) is 3.85. The highest BCUT2D eigenvalue weighted by Gasteiger charge is 2.07. The SMILES string of the molecule is CCSCC(=O)Cc1ccc(OC)c(F)c1. The van der Waals surface area contributed by atoms with Crippen LogP contribution in [0.2, 0.25) is 0 Å². The molecule has 1 aromatic carbocycles. The van der Waals surface area contributed by atoms with E-state index in [1.807, 2.05) is 6.92 Å². The summed E-state index contributed by atoms with van der Waals surface area (Å²) in [4.78, 5) is 11.5. The Hall–Kier alpha value is -1.03. The van der Waals surface area contributed by atoms with Gasteiger partial charge in [0.25, 0.3) is 0 Å². The summed E-state index contributed by atoms with van der Waals surface area (Å²) in [5.74, 6) is 1.32. The number of Topliss-reactive ketones (excluding diaryl/α,β-unsaturated/α-hetero) is 1. The largest absolute Gasteiger partial charge is 0.494 e. The van der Waals surface area contributed by atoms with E-state index in [0.29, 0.717) is 11.3 Å². The minimum atomic E-state index is -0.420. The van der Waals surface area contributed by atoms with E-state index in [1.54, 1.807) is 23.9 Å². The van der Waals surface area contributed by atoms with Crippen molar-refractivity contribution in [2.24, 2.45) is 0 Å². The summed E-state index contributed by atoms with van der Waals surface area (Å²) in [7, 11) is 1.42. The van der Waals surface area contributed by atoms with Gasteiger partial charge in [-0.15, -0.1) is 0 Å². The smallest absolute Gasteiger partial charge is 0.165 e. The van der Waals surface area contributed by atoms with Gasteiger partial charge in [-0.3, -0.25) is 4.79 Å². The second-order valence-electron chi connectivity index (χ2n) is 3.32. The molecule has 0 unspecified atom stereocenters. The van der Waals surface area contributed by atoms with Crippen LogP contribution in [0.1, 0.15) is 12.5 Å². The van der Waals surface area contributed by atoms with Crippen LogP contribution in [0.15, 0.2) is 18.2 Å². The Balaban J connectivity index is 2.61. The minimum absolute atomic E-state index is 0.122. The van der Waals surface area contributed by atoms with Crippen molar-refractivity contribution in [2.45, 2.75) is 13.3 Å². The summed E-state index contributed by atoms with van der Waals surface area (Å²) in [6.45, 7) is 2.00. The van der Waals surface area contributed by atoms with E-state index in [0.717, 1.165) is 5.75 Å². The molecule has 88 valence electrons. The Bertz CT molecular complexity index is 366. The molecule has 0 aromatic heterocycles. The van der Waals surface area contributed by atoms with Gasteiger partial charge in [-0.2, -0.15) is 11.8 Å². The van der Waals surface area contributed by atoms with Crippen molar-refractivity contribution in [3.8, 4) is 5.75 Å². The zero-order valence-corrected chi connectivity index (χ0v) is 10.3. The zero-order valence-electron chi connectivity index (χ0n) is 9.46. The average Bonchev–Trinajstić information content (AvgIpc) is 2.26. The fraction of sp³-hybridized carbons (Fsp3) is 0.417. The fourth-order valence-corrected chi connectivity index (χ4v) is 1.85. The minimum Gasteiger partial charge on any atom is -0.494 e. The predicted octanol–water partition coefficient (Wildman–Crippen LogP) is 2.70. The first-order chi connectivity index (χ1) is 7.67. The van der Waals surface area contributed by atoms with Gasteiger partial charge >= 0.3 is 0 Å². The quantitative estimate of drug-likeness (QED) is 0.767. The number of halogens is 1. The Morgan fingerprint density at radius 1 is 1.50 bits per heavy atom. The van der Waals surface area contributed by atoms with Gasteiger partial charge in [-0.1, -0.05) is 13.0 Å². The Morgan fingerprint density at radius 3 is 2.81 bits per heavy atom. The third-order valence-electron chi connectivity index (χ3n) is 2.08. The Morgan fingerprint density at radius 2 is 2.25 bits per heavy atom. The van der Waals surface area contributed by atoms with E-state index in [-0.39, 0.29) is 18.0 Å². The Kier molecular flexibility index (Phi) is 5.32. The molecule has 0 saturated heterocycles. The molecular weight excluding hydrogens is 227 g/mol. The van der Waals surface area contributed by atoms with Crippen molar-refractivity contribution in [1.29, 1.82) is 0 Å². The van der Waals surface area contributed by atoms with Crippen molar-refractivity contribution >= 4 is 17.5 Å². The molecule has 0 saturated carbocycles. The highest BCUT2D eigenvalue weighted by Crippen LogP contribution is 2.18. The lowest BCUT2D eigenvalue weighted by Crippen LogP contribution is -2.06. The lowest BCUT2D eigenvalue weighted by atomic mass is 10.1. The molecule has 0 heterocycles. The van der Waals surface area contributed by atoms with Crippen LogP contribution >= 0.6 is 11.8 Å². The van der Waals surface area contributed by atoms with Crippen molar-refractivity contribution in [1.82, 2.24) is 0 Å². The molecule has 0 spiro atoms. The van der Waals surface area contributed by atoms with Crippen LogP contribution in [0.3, 0.4) is 0 Å². The van der Waals surface area contributed by atoms with Crippen LogP contribution < -0.4 is 4.74 Å². The number of methoxy groups -OCH3 is 1. The van der Waals surface area contributed by atoms with Crippen LogP contribution in [0.4, 0.5) is 4.39 Å². The molecule has 0 radical (unpaired) electrons. The maximum Gasteiger partial charge on any atom is 0.165 e. The molecule has 0 N–H and O–H groups in total. The highest BCUT2D eigenvalue weighted by atomic mass is 32.2. The van der Waals surface area contributed by atoms with Crippen LogP contribution in [0.25, 0.3) is 0 Å². The number of thioether (sulfide) groups is 1. The molecule has 0 aliphatic rings. The van der Waals surface area contributed by atoms with Crippen molar-refractivity contribution < 1.29 is 13.9 Å². The van der Waals surface area contributed by atoms with Gasteiger partial charge in [-0.25, -0.2) is 4.39 Å². The normalized spacial score (nSPS) is 10.2. The summed E-state index contributed by atoms with van der Waals surface area (Å²) in [6, 6.07) is 4.62. The number of rotatable bonds is 6. The molecule has 0 bridgehead atoms. The predicted molar refractivity (Wildman–Crippen MR) is 64.7 cm³/mol. The number of hydrogen-bond acceptors (Lipinski definition) is 3. The number of ketones is 1. The first kappa shape index (κ1) is 13.0. The number of carbonyl (C=O) groups is 1. The molecule has 16 heavy (non-hydrogen) atoms. The van der Waals surface area contributed by atoms with Crippen LogP contribution in [-0.2, 0) is 11.2 Å². The molecule has 0 aliphatic carbocycles. The van der Waals surface area contributed by atoms with Crippen LogP contribution in [0, 0.1) is 5.82 Å². The number of benzene rings is 1. The summed E-state index contributed by atoms with van der Waals surface area (Å²) >= 11 is 1.58. The molecule has 0 aliphatic heterocycles. The molecule has 0 atom stereocenters. The zero-order chi connectivity index (χ0) is 12.0. The summed E-state index contributed by atoms with van der Waals surface area (Å²) in [6.07, 6.45) is 0.286. The van der Waals surface area contributed by atoms with Gasteiger partial charge in [-0.05, 0) is 23.4 Å². The molecular formula is C12H15FO2S. The fourth-order valence-electron chi connectivity index (χ4n) is 1.31. The third-order valence-corrected chi connectivity index (χ3v) is 3.02. The van der Waals surface area contributed by atoms with Gasteiger partial charge in [0.1, 0.15) is 5.78 Å². The summed E-state index contributed by atoms with van der Waals surface area (Å²) in [5, 5.41) is 0. The monoisotopic (exact) mass is 242 g/mol. The molecule has 0 fully saturated rings. The standard InChI is InChI=1S/C12H15FO2S/c1-3-16-8-10(14)6-9-4-5-12(15-2)11(13)7-9/h4-5,7H,3,6,8H2,1-2H3. The number of carbonyl (C=O) groups excluding carboxylic acids is 1. The lowest BCUT2D eigenvalue weighted by Gasteiger charge is -2.04. The number of ether oxygens (including phenoxy) is 1. The molecule has 2 nitrogen and oxygen atoms in total. The van der Waals surface area contributed by atoms with Gasteiger partial charge in [0.05, 0.1) is 12.9 Å². The summed E-state index contributed by atoms with van der Waals surface area (Å²) < 4.78 is 18.1. The second kappa shape index (κ2) is 6.53. The van der Waals surface area contributed by atoms with Crippen molar-refractivity contribution in [3.63, 3.8) is 0 Å². The van der Waals surface area contributed by atoms with Gasteiger partial charge in [0.15, 0.2) is 11.6 Å². The van der Waals surface area contributed by atoms with E-state index in [1.165, 1.54) is 13.2 Å². The van der Waals surface area contributed by atoms with E-state index in [9.17, 15) is 9.18 Å². The van der Waals surface area contributed by atoms with Crippen LogP contribution in [-0.4, -0.2) is 24.4 Å². The molecule has 4 heteroatoms. The average molecular weight is 242 g/mol. The highest BCUT2D eigenvalue weighted by molar-refractivity contribution is 7.99. The van der Waals surface area contributed by atoms with Gasteiger partial charge < -0.3 is 4.74 Å². The molecule has 1 aromatic rings.